The summed E-state index contributed by atoms with van der Waals surface area (Å²) >= 11 is 3.51. The number of rotatable bonds is 2. The summed E-state index contributed by atoms with van der Waals surface area (Å²) in [7, 11) is 0. The first-order chi connectivity index (χ1) is 12.2. The first-order valence-corrected chi connectivity index (χ1v) is 9.17. The van der Waals surface area contributed by atoms with Crippen molar-refractivity contribution < 1.29 is 0 Å². The molecule has 122 valence electrons. The van der Waals surface area contributed by atoms with Gasteiger partial charge in [0.25, 0.3) is 5.56 Å². The molecule has 0 amide bonds. The molecule has 1 fully saturated rings. The van der Waals surface area contributed by atoms with Crippen molar-refractivity contribution in [3.63, 3.8) is 0 Å². The molecule has 4 heteroatoms. The maximum absolute atomic E-state index is 12.9. The lowest BCUT2D eigenvalue weighted by Gasteiger charge is -2.08. The molecule has 0 radical (unpaired) electrons. The summed E-state index contributed by atoms with van der Waals surface area (Å²) in [5.41, 5.74) is 2.15. The van der Waals surface area contributed by atoms with E-state index in [4.69, 9.17) is 4.98 Å². The van der Waals surface area contributed by atoms with Crippen molar-refractivity contribution >= 4 is 37.6 Å². The lowest BCUT2D eigenvalue weighted by molar-refractivity contribution is 0.688. The van der Waals surface area contributed by atoms with Gasteiger partial charge in [0.05, 0.1) is 10.9 Å². The van der Waals surface area contributed by atoms with Gasteiger partial charge in [-0.1, -0.05) is 36.4 Å². The van der Waals surface area contributed by atoms with Gasteiger partial charge in [-0.25, -0.2) is 0 Å². The van der Waals surface area contributed by atoms with Crippen LogP contribution in [0.2, 0.25) is 0 Å². The molecule has 25 heavy (non-hydrogen) atoms. The van der Waals surface area contributed by atoms with Gasteiger partial charge < -0.3 is 4.57 Å². The van der Waals surface area contributed by atoms with Crippen molar-refractivity contribution in [2.24, 2.45) is 0 Å². The van der Waals surface area contributed by atoms with Crippen LogP contribution in [0.4, 0.5) is 0 Å². The van der Waals surface area contributed by atoms with Gasteiger partial charge in [-0.2, -0.15) is 0 Å². The summed E-state index contributed by atoms with van der Waals surface area (Å²) in [6.07, 6.45) is 2.88. The number of nitrogens with zero attached hydrogens (tertiary/aromatic N) is 2. The third-order valence-corrected chi connectivity index (χ3v) is 5.68. The maximum Gasteiger partial charge on any atom is 0.259 e. The Morgan fingerprint density at radius 3 is 2.72 bits per heavy atom. The van der Waals surface area contributed by atoms with Crippen molar-refractivity contribution in [2.45, 2.75) is 18.4 Å². The van der Waals surface area contributed by atoms with Crippen molar-refractivity contribution in [1.29, 1.82) is 0 Å². The average Bonchev–Trinajstić information content (AvgIpc) is 3.42. The Morgan fingerprint density at radius 2 is 1.80 bits per heavy atom. The van der Waals surface area contributed by atoms with E-state index in [1.165, 1.54) is 0 Å². The molecule has 4 aromatic rings. The zero-order chi connectivity index (χ0) is 17.0. The molecule has 0 unspecified atom stereocenters. The zero-order valence-electron chi connectivity index (χ0n) is 13.4. The second-order valence-corrected chi connectivity index (χ2v) is 7.42. The van der Waals surface area contributed by atoms with E-state index >= 15 is 0 Å². The van der Waals surface area contributed by atoms with Gasteiger partial charge in [0.15, 0.2) is 0 Å². The highest BCUT2D eigenvalue weighted by Crippen LogP contribution is 2.50. The molecule has 5 rings (SSSR count). The molecule has 0 spiro atoms. The van der Waals surface area contributed by atoms with E-state index in [0.29, 0.717) is 5.92 Å². The van der Waals surface area contributed by atoms with E-state index in [1.54, 1.807) is 0 Å². The van der Waals surface area contributed by atoms with E-state index in [0.717, 1.165) is 38.3 Å². The second kappa shape index (κ2) is 5.53. The van der Waals surface area contributed by atoms with Crippen LogP contribution in [-0.2, 0) is 0 Å². The van der Waals surface area contributed by atoms with E-state index in [9.17, 15) is 4.79 Å². The van der Waals surface area contributed by atoms with Crippen LogP contribution in [0.1, 0.15) is 24.1 Å². The topological polar surface area (TPSA) is 34.9 Å². The van der Waals surface area contributed by atoms with E-state index in [1.807, 2.05) is 53.2 Å². The summed E-state index contributed by atoms with van der Waals surface area (Å²) in [6, 6.07) is 20.4. The van der Waals surface area contributed by atoms with Crippen LogP contribution in [0, 0.1) is 0 Å². The van der Waals surface area contributed by atoms with Gasteiger partial charge in [0.1, 0.15) is 0 Å². The predicted octanol–water partition coefficient (Wildman–Crippen LogP) is 5.04. The molecule has 0 bridgehead atoms. The highest BCUT2D eigenvalue weighted by atomic mass is 79.9. The number of fused-ring (bicyclic) bond motifs is 2. The van der Waals surface area contributed by atoms with Gasteiger partial charge in [-0.15, -0.1) is 0 Å². The minimum Gasteiger partial charge on any atom is -0.311 e. The number of pyridine rings is 2. The SMILES string of the molecule is O=c1c2c(Br)cccc2ccn1[C@@H]1C[C@H]1c1ccc2ccccc2n1. The Hall–Kier alpha value is -2.46. The van der Waals surface area contributed by atoms with Crippen LogP contribution < -0.4 is 5.56 Å². The quantitative estimate of drug-likeness (QED) is 0.480. The molecule has 1 aliphatic rings. The van der Waals surface area contributed by atoms with Gasteiger partial charge in [0.2, 0.25) is 0 Å². The van der Waals surface area contributed by atoms with Crippen LogP contribution in [0.5, 0.6) is 0 Å². The molecule has 2 aromatic carbocycles. The largest absolute Gasteiger partial charge is 0.311 e. The molecule has 0 N–H and O–H groups in total. The zero-order valence-corrected chi connectivity index (χ0v) is 15.0. The molecule has 3 nitrogen and oxygen atoms in total. The van der Waals surface area contributed by atoms with Crippen LogP contribution in [0.3, 0.4) is 0 Å². The summed E-state index contributed by atoms with van der Waals surface area (Å²) in [6.45, 7) is 0. The minimum atomic E-state index is 0.0678. The molecular weight excluding hydrogens is 376 g/mol. The molecule has 0 aliphatic heterocycles. The molecule has 1 saturated carbocycles. The van der Waals surface area contributed by atoms with Crippen LogP contribution >= 0.6 is 15.9 Å². The molecule has 0 saturated heterocycles. The summed E-state index contributed by atoms with van der Waals surface area (Å²) in [5, 5.41) is 2.87. The minimum absolute atomic E-state index is 0.0678. The van der Waals surface area contributed by atoms with Crippen molar-refractivity contribution in [2.75, 3.05) is 0 Å². The van der Waals surface area contributed by atoms with Crippen molar-refractivity contribution in [1.82, 2.24) is 9.55 Å². The monoisotopic (exact) mass is 390 g/mol. The van der Waals surface area contributed by atoms with E-state index in [2.05, 4.69) is 34.1 Å². The summed E-state index contributed by atoms with van der Waals surface area (Å²) in [5.74, 6) is 0.308. The molecule has 1 aliphatic carbocycles. The first-order valence-electron chi connectivity index (χ1n) is 8.37. The van der Waals surface area contributed by atoms with Crippen LogP contribution in [0.25, 0.3) is 21.7 Å². The van der Waals surface area contributed by atoms with Crippen molar-refractivity contribution in [3.05, 3.63) is 87.4 Å². The Kier molecular flexibility index (Phi) is 3.28. The van der Waals surface area contributed by atoms with Crippen LogP contribution in [-0.4, -0.2) is 9.55 Å². The van der Waals surface area contributed by atoms with E-state index in [-0.39, 0.29) is 11.6 Å². The normalized spacial score (nSPS) is 19.4. The third-order valence-electron chi connectivity index (χ3n) is 5.02. The summed E-state index contributed by atoms with van der Waals surface area (Å²) in [4.78, 5) is 17.7. The highest BCUT2D eigenvalue weighted by Gasteiger charge is 2.41. The Bertz CT molecular complexity index is 1180. The van der Waals surface area contributed by atoms with Crippen molar-refractivity contribution in [3.8, 4) is 0 Å². The molecular formula is C21H15BrN2O. The number of halogens is 1. The van der Waals surface area contributed by atoms with Gasteiger partial charge >= 0.3 is 0 Å². The average molecular weight is 391 g/mol. The third kappa shape index (κ3) is 2.40. The lowest BCUT2D eigenvalue weighted by atomic mass is 10.1. The smallest absolute Gasteiger partial charge is 0.259 e. The number of hydrogen-bond donors (Lipinski definition) is 0. The Labute approximate surface area is 153 Å². The molecule has 2 heterocycles. The van der Waals surface area contributed by atoms with Gasteiger partial charge in [-0.05, 0) is 52.0 Å². The Balaban J connectivity index is 1.55. The lowest BCUT2D eigenvalue weighted by Crippen LogP contribution is -2.19. The molecule has 2 atom stereocenters. The number of aromatic nitrogens is 2. The van der Waals surface area contributed by atoms with Gasteiger partial charge in [0, 0.05) is 33.7 Å². The predicted molar refractivity (Wildman–Crippen MR) is 104 cm³/mol. The fourth-order valence-corrected chi connectivity index (χ4v) is 4.17. The maximum atomic E-state index is 12.9. The fraction of sp³-hybridized carbons (Fsp3) is 0.143. The highest BCUT2D eigenvalue weighted by molar-refractivity contribution is 9.10. The summed E-state index contributed by atoms with van der Waals surface area (Å²) < 4.78 is 2.72. The van der Waals surface area contributed by atoms with E-state index < -0.39 is 0 Å². The number of para-hydroxylation sites is 1. The fourth-order valence-electron chi connectivity index (χ4n) is 3.62. The van der Waals surface area contributed by atoms with Gasteiger partial charge in [-0.3, -0.25) is 9.78 Å². The van der Waals surface area contributed by atoms with Crippen LogP contribution in [0.15, 0.2) is 76.1 Å². The standard InChI is InChI=1S/C21H15BrN2O/c22-16-6-3-5-14-10-11-24(21(25)20(14)16)19-12-15(19)18-9-8-13-4-1-2-7-17(13)23-18/h1-11,15,19H,12H2/t15-,19+/m0/s1. The number of benzene rings is 2. The Morgan fingerprint density at radius 1 is 0.960 bits per heavy atom. The molecule has 2 aromatic heterocycles. The second-order valence-electron chi connectivity index (χ2n) is 6.57. The number of hydrogen-bond acceptors (Lipinski definition) is 2. The first kappa shape index (κ1) is 14.8.